The number of nitrogens with one attached hydrogen (secondary N) is 1. The largest absolute Gasteiger partial charge is 0.280 e. The Kier molecular flexibility index (Phi) is 3.01. The highest BCUT2D eigenvalue weighted by molar-refractivity contribution is 6.30. The molecule has 0 fully saturated rings. The predicted molar refractivity (Wildman–Crippen MR) is 63.7 cm³/mol. The first-order chi connectivity index (χ1) is 7.66. The molecule has 0 bridgehead atoms. The number of aromatic nitrogens is 2. The summed E-state index contributed by atoms with van der Waals surface area (Å²) in [6.07, 6.45) is 0. The van der Waals surface area contributed by atoms with E-state index in [-0.39, 0.29) is 0 Å². The number of benzene rings is 1. The average Bonchev–Trinajstić information content (AvgIpc) is 2.59. The van der Waals surface area contributed by atoms with Crippen molar-refractivity contribution in [2.24, 2.45) is 10.2 Å². The number of nitrogens with zero attached hydrogens (tertiary/aromatic N) is 3. The molecule has 1 heterocycles. The van der Waals surface area contributed by atoms with Gasteiger partial charge in [0.05, 0.1) is 17.1 Å². The zero-order chi connectivity index (χ0) is 11.5. The Bertz CT molecular complexity index is 494. The van der Waals surface area contributed by atoms with E-state index in [4.69, 9.17) is 11.6 Å². The van der Waals surface area contributed by atoms with Crippen molar-refractivity contribution in [1.29, 1.82) is 0 Å². The van der Waals surface area contributed by atoms with Gasteiger partial charge in [-0.15, -0.1) is 5.11 Å². The van der Waals surface area contributed by atoms with Gasteiger partial charge in [0.25, 0.3) is 0 Å². The van der Waals surface area contributed by atoms with Crippen LogP contribution in [0.5, 0.6) is 0 Å². The fraction of sp³-hybridized carbons (Fsp3) is 0.182. The van der Waals surface area contributed by atoms with Gasteiger partial charge < -0.3 is 0 Å². The summed E-state index contributed by atoms with van der Waals surface area (Å²) in [5, 5.41) is 15.9. The van der Waals surface area contributed by atoms with Crippen molar-refractivity contribution in [3.63, 3.8) is 0 Å². The third-order valence-electron chi connectivity index (χ3n) is 2.18. The molecule has 0 amide bonds. The molecule has 0 aliphatic carbocycles. The van der Waals surface area contributed by atoms with E-state index in [1.807, 2.05) is 26.0 Å². The summed E-state index contributed by atoms with van der Waals surface area (Å²) in [4.78, 5) is 0. The summed E-state index contributed by atoms with van der Waals surface area (Å²) in [5.74, 6) is 0. The average molecular weight is 235 g/mol. The summed E-state index contributed by atoms with van der Waals surface area (Å²) in [7, 11) is 0. The van der Waals surface area contributed by atoms with Crippen LogP contribution in [0.1, 0.15) is 11.4 Å². The number of aromatic amines is 1. The van der Waals surface area contributed by atoms with Crippen LogP contribution in [0.25, 0.3) is 0 Å². The Labute approximate surface area is 98.4 Å². The van der Waals surface area contributed by atoms with Crippen molar-refractivity contribution in [3.05, 3.63) is 40.7 Å². The van der Waals surface area contributed by atoms with Crippen molar-refractivity contribution in [3.8, 4) is 0 Å². The molecule has 0 atom stereocenters. The second kappa shape index (κ2) is 4.45. The number of H-pyrrole nitrogens is 1. The quantitative estimate of drug-likeness (QED) is 0.782. The predicted octanol–water partition coefficient (Wildman–Crippen LogP) is 4.10. The molecule has 16 heavy (non-hydrogen) atoms. The minimum absolute atomic E-state index is 0.689. The molecular formula is C11H11ClN4. The Balaban J connectivity index is 2.24. The van der Waals surface area contributed by atoms with Crippen molar-refractivity contribution < 1.29 is 0 Å². The van der Waals surface area contributed by atoms with Crippen LogP contribution < -0.4 is 0 Å². The highest BCUT2D eigenvalue weighted by atomic mass is 35.5. The molecule has 5 heteroatoms. The molecule has 0 spiro atoms. The van der Waals surface area contributed by atoms with E-state index in [9.17, 15) is 0 Å². The van der Waals surface area contributed by atoms with Crippen LogP contribution in [-0.4, -0.2) is 10.2 Å². The third-order valence-corrected chi connectivity index (χ3v) is 2.43. The van der Waals surface area contributed by atoms with Crippen LogP contribution in [0.15, 0.2) is 34.5 Å². The second-order valence-electron chi connectivity index (χ2n) is 3.46. The van der Waals surface area contributed by atoms with E-state index >= 15 is 0 Å². The van der Waals surface area contributed by atoms with Gasteiger partial charge in [0, 0.05) is 5.02 Å². The summed E-state index contributed by atoms with van der Waals surface area (Å²) < 4.78 is 0. The lowest BCUT2D eigenvalue weighted by Gasteiger charge is -1.93. The van der Waals surface area contributed by atoms with Crippen LogP contribution >= 0.6 is 11.6 Å². The van der Waals surface area contributed by atoms with E-state index in [0.717, 1.165) is 22.8 Å². The van der Waals surface area contributed by atoms with Crippen molar-refractivity contribution in [2.75, 3.05) is 0 Å². The lowest BCUT2D eigenvalue weighted by Crippen LogP contribution is -1.69. The van der Waals surface area contributed by atoms with Crippen molar-refractivity contribution in [2.45, 2.75) is 13.8 Å². The van der Waals surface area contributed by atoms with E-state index in [2.05, 4.69) is 20.4 Å². The van der Waals surface area contributed by atoms with Gasteiger partial charge in [0.2, 0.25) is 0 Å². The number of aryl methyl sites for hydroxylation is 2. The van der Waals surface area contributed by atoms with E-state index < -0.39 is 0 Å². The first-order valence-corrected chi connectivity index (χ1v) is 5.23. The molecule has 4 nitrogen and oxygen atoms in total. The molecule has 0 aliphatic heterocycles. The molecule has 0 unspecified atom stereocenters. The monoisotopic (exact) mass is 234 g/mol. The van der Waals surface area contributed by atoms with Gasteiger partial charge in [0.1, 0.15) is 5.69 Å². The Hall–Kier alpha value is -1.68. The van der Waals surface area contributed by atoms with Gasteiger partial charge in [-0.2, -0.15) is 10.2 Å². The summed E-state index contributed by atoms with van der Waals surface area (Å²) in [6, 6.07) is 7.20. The normalized spacial score (nSPS) is 11.2. The van der Waals surface area contributed by atoms with Gasteiger partial charge >= 0.3 is 0 Å². The molecule has 1 aromatic heterocycles. The third kappa shape index (κ3) is 2.28. The molecule has 0 saturated heterocycles. The first-order valence-electron chi connectivity index (χ1n) is 4.85. The molecule has 0 radical (unpaired) electrons. The minimum atomic E-state index is 0.689. The molecule has 1 N–H and O–H groups in total. The molecule has 2 rings (SSSR count). The second-order valence-corrected chi connectivity index (χ2v) is 3.90. The van der Waals surface area contributed by atoms with Crippen LogP contribution in [0.2, 0.25) is 5.02 Å². The van der Waals surface area contributed by atoms with Crippen LogP contribution in [0.4, 0.5) is 11.4 Å². The standard InChI is InChI=1S/C11H11ClN4/c1-7-11(8(2)14-13-7)16-15-10-5-3-9(12)4-6-10/h3-6H,1-2H3,(H,13,14). The topological polar surface area (TPSA) is 53.4 Å². The van der Waals surface area contributed by atoms with Gasteiger partial charge in [-0.25, -0.2) is 0 Å². The SMILES string of the molecule is Cc1n[nH]c(C)c1N=Nc1ccc(Cl)cc1. The number of halogens is 1. The van der Waals surface area contributed by atoms with Gasteiger partial charge in [-0.1, -0.05) is 11.6 Å². The lowest BCUT2D eigenvalue weighted by atomic mass is 10.3. The highest BCUT2D eigenvalue weighted by Gasteiger charge is 2.03. The Morgan fingerprint density at radius 2 is 1.81 bits per heavy atom. The molecule has 82 valence electrons. The fourth-order valence-electron chi connectivity index (χ4n) is 1.31. The molecule has 2 aromatic rings. The van der Waals surface area contributed by atoms with Gasteiger partial charge in [-0.3, -0.25) is 5.10 Å². The van der Waals surface area contributed by atoms with E-state index in [1.54, 1.807) is 12.1 Å². The van der Waals surface area contributed by atoms with E-state index in [1.165, 1.54) is 0 Å². The van der Waals surface area contributed by atoms with Crippen molar-refractivity contribution in [1.82, 2.24) is 10.2 Å². The number of hydrogen-bond acceptors (Lipinski definition) is 3. The molecule has 0 aliphatic rings. The smallest absolute Gasteiger partial charge is 0.129 e. The van der Waals surface area contributed by atoms with Crippen molar-refractivity contribution >= 4 is 23.0 Å². The van der Waals surface area contributed by atoms with Crippen LogP contribution in [0, 0.1) is 13.8 Å². The Morgan fingerprint density at radius 3 is 2.38 bits per heavy atom. The fourth-order valence-corrected chi connectivity index (χ4v) is 1.43. The number of rotatable bonds is 2. The Morgan fingerprint density at radius 1 is 1.12 bits per heavy atom. The summed E-state index contributed by atoms with van der Waals surface area (Å²) in [5.41, 5.74) is 3.31. The summed E-state index contributed by atoms with van der Waals surface area (Å²) >= 11 is 5.77. The number of azo groups is 1. The lowest BCUT2D eigenvalue weighted by molar-refractivity contribution is 1.02. The van der Waals surface area contributed by atoms with E-state index in [0.29, 0.717) is 5.02 Å². The number of hydrogen-bond donors (Lipinski definition) is 1. The van der Waals surface area contributed by atoms with Crippen LogP contribution in [0.3, 0.4) is 0 Å². The summed E-state index contributed by atoms with van der Waals surface area (Å²) in [6.45, 7) is 3.80. The molecular weight excluding hydrogens is 224 g/mol. The molecule has 0 saturated carbocycles. The maximum Gasteiger partial charge on any atom is 0.129 e. The van der Waals surface area contributed by atoms with Crippen LogP contribution in [-0.2, 0) is 0 Å². The highest BCUT2D eigenvalue weighted by Crippen LogP contribution is 2.24. The zero-order valence-electron chi connectivity index (χ0n) is 9.03. The maximum absolute atomic E-state index is 5.77. The minimum Gasteiger partial charge on any atom is -0.280 e. The first kappa shape index (κ1) is 10.8. The van der Waals surface area contributed by atoms with Gasteiger partial charge in [0.15, 0.2) is 0 Å². The molecule has 1 aromatic carbocycles. The maximum atomic E-state index is 5.77. The zero-order valence-corrected chi connectivity index (χ0v) is 9.78. The van der Waals surface area contributed by atoms with Gasteiger partial charge in [-0.05, 0) is 38.1 Å².